The Bertz CT molecular complexity index is 742. The van der Waals surface area contributed by atoms with Crippen LogP contribution >= 0.6 is 0 Å². The fraction of sp³-hybridized carbons (Fsp3) is 0.684. The molecule has 33 heavy (non-hydrogen) atoms. The number of carboxylic acid groups (broad SMARTS) is 1. The molecule has 14 nitrogen and oxygen atoms in total. The molecule has 0 radical (unpaired) electrons. The Hall–Kier alpha value is -3.26. The molecule has 0 heterocycles. The first-order valence-corrected chi connectivity index (χ1v) is 10.3. The molecule has 0 aromatic carbocycles. The van der Waals surface area contributed by atoms with Crippen LogP contribution in [0.1, 0.15) is 46.5 Å². The summed E-state index contributed by atoms with van der Waals surface area (Å²) < 4.78 is 0. The van der Waals surface area contributed by atoms with Gasteiger partial charge in [-0.15, -0.1) is 0 Å². The summed E-state index contributed by atoms with van der Waals surface area (Å²) in [6.45, 7) is 4.69. The molecule has 0 fully saturated rings. The van der Waals surface area contributed by atoms with Crippen LogP contribution in [0.4, 0.5) is 0 Å². The van der Waals surface area contributed by atoms with Crippen LogP contribution in [0.2, 0.25) is 0 Å². The number of carbonyl (C=O) groups excluding carboxylic acids is 5. The van der Waals surface area contributed by atoms with E-state index in [0.717, 1.165) is 0 Å². The van der Waals surface area contributed by atoms with Gasteiger partial charge in [0.2, 0.25) is 29.5 Å². The highest BCUT2D eigenvalue weighted by molar-refractivity contribution is 5.95. The third-order valence-electron chi connectivity index (χ3n) is 4.46. The molecule has 0 aliphatic carbocycles. The number of hydrogen-bond donors (Lipinski definition) is 8. The predicted octanol–water partition coefficient (Wildman–Crippen LogP) is -3.58. The number of nitrogens with one attached hydrogen (secondary N) is 3. The quantitative estimate of drug-likeness (QED) is 0.116. The Morgan fingerprint density at radius 1 is 0.818 bits per heavy atom. The monoisotopic (exact) mass is 474 g/mol. The van der Waals surface area contributed by atoms with Crippen molar-refractivity contribution in [3.05, 3.63) is 0 Å². The van der Waals surface area contributed by atoms with Crippen LogP contribution in [-0.2, 0) is 28.8 Å². The minimum Gasteiger partial charge on any atom is -0.480 e. The van der Waals surface area contributed by atoms with E-state index in [1.807, 2.05) is 0 Å². The van der Waals surface area contributed by atoms with E-state index in [1.165, 1.54) is 6.92 Å². The van der Waals surface area contributed by atoms with Gasteiger partial charge in [0, 0.05) is 6.42 Å². The largest absolute Gasteiger partial charge is 0.480 e. The molecule has 0 aromatic heterocycles. The molecule has 0 aliphatic heterocycles. The van der Waals surface area contributed by atoms with Gasteiger partial charge in [-0.25, -0.2) is 4.79 Å². The van der Waals surface area contributed by atoms with Gasteiger partial charge < -0.3 is 43.4 Å². The number of amides is 5. The summed E-state index contributed by atoms with van der Waals surface area (Å²) in [5, 5.41) is 25.6. The zero-order chi connectivity index (χ0) is 25.9. The number of rotatable bonds is 15. The second kappa shape index (κ2) is 14.0. The second-order valence-corrected chi connectivity index (χ2v) is 8.10. The smallest absolute Gasteiger partial charge is 0.328 e. The normalized spacial score (nSPS) is 15.5. The number of aliphatic hydroxyl groups is 1. The predicted molar refractivity (Wildman–Crippen MR) is 115 cm³/mol. The molecule has 0 aliphatic rings. The fourth-order valence-electron chi connectivity index (χ4n) is 2.76. The van der Waals surface area contributed by atoms with Crippen molar-refractivity contribution >= 4 is 35.5 Å². The Kier molecular flexibility index (Phi) is 12.6. The summed E-state index contributed by atoms with van der Waals surface area (Å²) in [5.41, 5.74) is 15.7. The van der Waals surface area contributed by atoms with Crippen molar-refractivity contribution in [3.8, 4) is 0 Å². The highest BCUT2D eigenvalue weighted by atomic mass is 16.4. The van der Waals surface area contributed by atoms with Crippen molar-refractivity contribution in [1.29, 1.82) is 0 Å². The van der Waals surface area contributed by atoms with Gasteiger partial charge >= 0.3 is 5.97 Å². The maximum Gasteiger partial charge on any atom is 0.328 e. The topological polar surface area (TPSA) is 257 Å². The highest BCUT2D eigenvalue weighted by Crippen LogP contribution is 2.08. The maximum atomic E-state index is 12.8. The molecule has 0 saturated heterocycles. The number of hydrogen-bond acceptors (Lipinski definition) is 8. The van der Waals surface area contributed by atoms with E-state index in [1.54, 1.807) is 13.8 Å². The molecule has 0 rings (SSSR count). The molecule has 188 valence electrons. The van der Waals surface area contributed by atoms with Crippen molar-refractivity contribution < 1.29 is 39.0 Å². The first kappa shape index (κ1) is 29.7. The number of aliphatic hydroxyl groups excluding tert-OH is 1. The minimum absolute atomic E-state index is 0.0986. The number of nitrogens with two attached hydrogens (primary N) is 3. The molecule has 5 atom stereocenters. The molecule has 5 amide bonds. The lowest BCUT2D eigenvalue weighted by molar-refractivity contribution is -0.145. The Morgan fingerprint density at radius 2 is 1.33 bits per heavy atom. The SMILES string of the molecule is CC(C)CC(NC(=O)C(CCC(N)=O)NC(=O)C(N)CC(N)=O)C(=O)NC(C(=O)O)C(C)O. The van der Waals surface area contributed by atoms with Gasteiger partial charge in [0.1, 0.15) is 12.1 Å². The lowest BCUT2D eigenvalue weighted by Crippen LogP contribution is -2.58. The van der Waals surface area contributed by atoms with Crippen LogP contribution in [0, 0.1) is 5.92 Å². The first-order valence-electron chi connectivity index (χ1n) is 10.3. The summed E-state index contributed by atoms with van der Waals surface area (Å²) in [6.07, 6.45) is -2.30. The van der Waals surface area contributed by atoms with Gasteiger partial charge in [-0.05, 0) is 25.7 Å². The fourth-order valence-corrected chi connectivity index (χ4v) is 2.76. The third-order valence-corrected chi connectivity index (χ3v) is 4.46. The van der Waals surface area contributed by atoms with Crippen molar-refractivity contribution in [2.75, 3.05) is 0 Å². The average molecular weight is 475 g/mol. The number of aliphatic carboxylic acids is 1. The summed E-state index contributed by atoms with van der Waals surface area (Å²) in [6, 6.07) is -5.51. The van der Waals surface area contributed by atoms with Crippen LogP contribution in [0.3, 0.4) is 0 Å². The molecule has 14 heteroatoms. The number of primary amides is 2. The minimum atomic E-state index is -1.61. The molecule has 0 saturated carbocycles. The van der Waals surface area contributed by atoms with E-state index >= 15 is 0 Å². The summed E-state index contributed by atoms with van der Waals surface area (Å²) in [7, 11) is 0. The molecule has 11 N–H and O–H groups in total. The van der Waals surface area contributed by atoms with Crippen LogP contribution < -0.4 is 33.2 Å². The summed E-state index contributed by atoms with van der Waals surface area (Å²) in [4.78, 5) is 71.1. The maximum absolute atomic E-state index is 12.8. The Morgan fingerprint density at radius 3 is 1.76 bits per heavy atom. The average Bonchev–Trinajstić information content (AvgIpc) is 2.66. The van der Waals surface area contributed by atoms with Crippen molar-refractivity contribution in [3.63, 3.8) is 0 Å². The molecular weight excluding hydrogens is 440 g/mol. The van der Waals surface area contributed by atoms with Crippen molar-refractivity contribution in [2.24, 2.45) is 23.1 Å². The lowest BCUT2D eigenvalue weighted by Gasteiger charge is -2.26. The van der Waals surface area contributed by atoms with Gasteiger partial charge in [-0.3, -0.25) is 24.0 Å². The zero-order valence-electron chi connectivity index (χ0n) is 18.9. The van der Waals surface area contributed by atoms with Gasteiger partial charge in [-0.2, -0.15) is 0 Å². The van der Waals surface area contributed by atoms with E-state index in [-0.39, 0.29) is 25.2 Å². The van der Waals surface area contributed by atoms with E-state index in [2.05, 4.69) is 16.0 Å². The van der Waals surface area contributed by atoms with Crippen LogP contribution in [0.25, 0.3) is 0 Å². The number of carboxylic acids is 1. The summed E-state index contributed by atoms with van der Waals surface area (Å²) >= 11 is 0. The van der Waals surface area contributed by atoms with E-state index < -0.39 is 72.2 Å². The molecular formula is C19H34N6O8. The molecule has 0 spiro atoms. The van der Waals surface area contributed by atoms with E-state index in [4.69, 9.17) is 22.3 Å². The van der Waals surface area contributed by atoms with Crippen LogP contribution in [0.15, 0.2) is 0 Å². The van der Waals surface area contributed by atoms with Crippen molar-refractivity contribution in [2.45, 2.75) is 76.7 Å². The Balaban J connectivity index is 5.57. The Labute approximate surface area is 191 Å². The second-order valence-electron chi connectivity index (χ2n) is 8.10. The third kappa shape index (κ3) is 11.8. The van der Waals surface area contributed by atoms with Crippen LogP contribution in [0.5, 0.6) is 0 Å². The molecule has 5 unspecified atom stereocenters. The molecule has 0 bridgehead atoms. The van der Waals surface area contributed by atoms with Crippen molar-refractivity contribution in [1.82, 2.24) is 16.0 Å². The van der Waals surface area contributed by atoms with Gasteiger partial charge in [0.15, 0.2) is 6.04 Å². The van der Waals surface area contributed by atoms with Gasteiger partial charge in [0.25, 0.3) is 0 Å². The standard InChI is InChI=1S/C19H34N6O8/c1-8(2)6-12(18(31)25-15(9(3)26)19(32)33)24-17(30)11(4-5-13(21)27)23-16(29)10(20)7-14(22)28/h8-12,15,26H,4-7,20H2,1-3H3,(H2,21,27)(H2,22,28)(H,23,29)(H,24,30)(H,25,31)(H,32,33). The number of carbonyl (C=O) groups is 6. The van der Waals surface area contributed by atoms with E-state index in [9.17, 15) is 33.9 Å². The zero-order valence-corrected chi connectivity index (χ0v) is 18.9. The summed E-state index contributed by atoms with van der Waals surface area (Å²) in [5.74, 6) is -5.78. The molecule has 0 aromatic rings. The lowest BCUT2D eigenvalue weighted by atomic mass is 10.0. The van der Waals surface area contributed by atoms with Gasteiger partial charge in [0.05, 0.1) is 18.6 Å². The van der Waals surface area contributed by atoms with E-state index in [0.29, 0.717) is 0 Å². The highest BCUT2D eigenvalue weighted by Gasteiger charge is 2.32. The van der Waals surface area contributed by atoms with Gasteiger partial charge in [-0.1, -0.05) is 13.8 Å². The van der Waals surface area contributed by atoms with Crippen LogP contribution in [-0.4, -0.2) is 76.0 Å². The first-order chi connectivity index (χ1) is 15.1.